The maximum absolute atomic E-state index is 12.3. The van der Waals surface area contributed by atoms with Crippen molar-refractivity contribution >= 4 is 46.2 Å². The van der Waals surface area contributed by atoms with Gasteiger partial charge in [-0.15, -0.1) is 0 Å². The van der Waals surface area contributed by atoms with Crippen LogP contribution >= 0.6 is 22.6 Å². The molecule has 0 unspecified atom stereocenters. The van der Waals surface area contributed by atoms with Crippen LogP contribution in [0.2, 0.25) is 0 Å². The Balaban J connectivity index is 1.92. The molecule has 2 amide bonds. The van der Waals surface area contributed by atoms with E-state index in [1.807, 2.05) is 12.1 Å². The molecule has 2 aromatic rings. The van der Waals surface area contributed by atoms with Crippen molar-refractivity contribution < 1.29 is 14.0 Å². The molecule has 1 aliphatic rings. The lowest BCUT2D eigenvalue weighted by Crippen LogP contribution is -2.35. The van der Waals surface area contributed by atoms with Crippen molar-refractivity contribution in [2.75, 3.05) is 5.01 Å². The van der Waals surface area contributed by atoms with Gasteiger partial charge in [0.15, 0.2) is 0 Å². The SMILES string of the molecule is O=C1NN(c2ccc(I)cc2)C(=O)/C1=C\c1ccoc1. The van der Waals surface area contributed by atoms with Crippen LogP contribution in [0.1, 0.15) is 5.56 Å². The zero-order chi connectivity index (χ0) is 14.1. The van der Waals surface area contributed by atoms with Gasteiger partial charge < -0.3 is 4.42 Å². The van der Waals surface area contributed by atoms with Gasteiger partial charge >= 0.3 is 0 Å². The molecule has 1 aliphatic heterocycles. The summed E-state index contributed by atoms with van der Waals surface area (Å²) in [5.74, 6) is -0.799. The number of hydrogen-bond donors (Lipinski definition) is 1. The van der Waals surface area contributed by atoms with Crippen LogP contribution in [0.4, 0.5) is 5.69 Å². The Hall–Kier alpha value is -2.09. The molecule has 1 fully saturated rings. The van der Waals surface area contributed by atoms with Gasteiger partial charge in [-0.25, -0.2) is 5.01 Å². The van der Waals surface area contributed by atoms with Crippen molar-refractivity contribution in [1.29, 1.82) is 0 Å². The molecular weight excluding hydrogens is 371 g/mol. The maximum Gasteiger partial charge on any atom is 0.282 e. The zero-order valence-corrected chi connectivity index (χ0v) is 12.3. The van der Waals surface area contributed by atoms with Gasteiger partial charge in [0.1, 0.15) is 5.57 Å². The second kappa shape index (κ2) is 5.12. The molecule has 0 saturated carbocycles. The molecule has 100 valence electrons. The minimum Gasteiger partial charge on any atom is -0.472 e. The lowest BCUT2D eigenvalue weighted by molar-refractivity contribution is -0.117. The third-order valence-corrected chi connectivity index (χ3v) is 3.55. The summed E-state index contributed by atoms with van der Waals surface area (Å²) >= 11 is 2.17. The van der Waals surface area contributed by atoms with Gasteiger partial charge in [0, 0.05) is 9.13 Å². The van der Waals surface area contributed by atoms with Crippen molar-refractivity contribution in [3.63, 3.8) is 0 Å². The molecule has 3 rings (SSSR count). The van der Waals surface area contributed by atoms with Crippen molar-refractivity contribution in [2.24, 2.45) is 0 Å². The lowest BCUT2D eigenvalue weighted by atomic mass is 10.2. The summed E-state index contributed by atoms with van der Waals surface area (Å²) in [5.41, 5.74) is 3.93. The predicted octanol–water partition coefficient (Wildman–Crippen LogP) is 2.35. The van der Waals surface area contributed by atoms with Gasteiger partial charge in [0.05, 0.1) is 18.2 Å². The number of nitrogens with one attached hydrogen (secondary N) is 1. The molecule has 0 aliphatic carbocycles. The topological polar surface area (TPSA) is 62.6 Å². The Morgan fingerprint density at radius 2 is 1.90 bits per heavy atom. The molecule has 1 aromatic carbocycles. The van der Waals surface area contributed by atoms with E-state index in [0.717, 1.165) is 3.57 Å². The molecule has 0 spiro atoms. The second-order valence-electron chi connectivity index (χ2n) is 4.17. The summed E-state index contributed by atoms with van der Waals surface area (Å²) in [6.07, 6.45) is 4.47. The molecular formula is C14H9IN2O3. The summed E-state index contributed by atoms with van der Waals surface area (Å²) in [7, 11) is 0. The van der Waals surface area contributed by atoms with E-state index in [1.165, 1.54) is 23.6 Å². The standard InChI is InChI=1S/C14H9IN2O3/c15-10-1-3-11(4-2-10)17-14(19)12(13(18)16-17)7-9-5-6-20-8-9/h1-8H,(H,16,18)/b12-7-. The normalized spacial score (nSPS) is 16.9. The van der Waals surface area contributed by atoms with Crippen LogP contribution in [0.15, 0.2) is 52.8 Å². The average Bonchev–Trinajstić information content (AvgIpc) is 3.04. The summed E-state index contributed by atoms with van der Waals surface area (Å²) in [4.78, 5) is 24.2. The number of hydrazine groups is 1. The van der Waals surface area contributed by atoms with Crippen LogP contribution in [0.5, 0.6) is 0 Å². The first-order valence-electron chi connectivity index (χ1n) is 5.80. The maximum atomic E-state index is 12.3. The van der Waals surface area contributed by atoms with Gasteiger partial charge in [-0.1, -0.05) is 0 Å². The Morgan fingerprint density at radius 1 is 1.15 bits per heavy atom. The predicted molar refractivity (Wildman–Crippen MR) is 81.5 cm³/mol. The fourth-order valence-electron chi connectivity index (χ4n) is 1.85. The fourth-order valence-corrected chi connectivity index (χ4v) is 2.21. The second-order valence-corrected chi connectivity index (χ2v) is 5.42. The highest BCUT2D eigenvalue weighted by Crippen LogP contribution is 2.22. The molecule has 2 heterocycles. The number of rotatable bonds is 2. The summed E-state index contributed by atoms with van der Waals surface area (Å²) in [6, 6.07) is 8.98. The number of carbonyl (C=O) groups excluding carboxylic acids is 2. The van der Waals surface area contributed by atoms with E-state index in [9.17, 15) is 9.59 Å². The van der Waals surface area contributed by atoms with Crippen LogP contribution in [0, 0.1) is 3.57 Å². The van der Waals surface area contributed by atoms with Crippen molar-refractivity contribution in [3.05, 3.63) is 57.6 Å². The Kier molecular flexibility index (Phi) is 3.31. The molecule has 0 radical (unpaired) electrons. The van der Waals surface area contributed by atoms with Gasteiger partial charge in [-0.3, -0.25) is 15.0 Å². The van der Waals surface area contributed by atoms with Crippen LogP contribution in [-0.4, -0.2) is 11.8 Å². The van der Waals surface area contributed by atoms with E-state index < -0.39 is 5.91 Å². The van der Waals surface area contributed by atoms with Crippen molar-refractivity contribution in [3.8, 4) is 0 Å². The average molecular weight is 380 g/mol. The van der Waals surface area contributed by atoms with Crippen LogP contribution in [0.3, 0.4) is 0 Å². The molecule has 0 bridgehead atoms. The fraction of sp³-hybridized carbons (Fsp3) is 0. The van der Waals surface area contributed by atoms with Gasteiger partial charge in [0.25, 0.3) is 11.8 Å². The molecule has 1 N–H and O–H groups in total. The third-order valence-electron chi connectivity index (χ3n) is 2.83. The smallest absolute Gasteiger partial charge is 0.282 e. The zero-order valence-electron chi connectivity index (χ0n) is 10.2. The highest BCUT2D eigenvalue weighted by Gasteiger charge is 2.34. The molecule has 20 heavy (non-hydrogen) atoms. The number of benzene rings is 1. The Morgan fingerprint density at radius 3 is 2.55 bits per heavy atom. The third kappa shape index (κ3) is 2.34. The van der Waals surface area contributed by atoms with Crippen LogP contribution < -0.4 is 10.4 Å². The minimum atomic E-state index is -0.422. The summed E-state index contributed by atoms with van der Waals surface area (Å²) < 4.78 is 5.97. The number of halogens is 1. The number of hydrogen-bond acceptors (Lipinski definition) is 3. The number of carbonyl (C=O) groups is 2. The monoisotopic (exact) mass is 380 g/mol. The lowest BCUT2D eigenvalue weighted by Gasteiger charge is -2.14. The van der Waals surface area contributed by atoms with E-state index in [0.29, 0.717) is 11.3 Å². The van der Waals surface area contributed by atoms with E-state index in [4.69, 9.17) is 4.42 Å². The van der Waals surface area contributed by atoms with Gasteiger partial charge in [-0.2, -0.15) is 0 Å². The highest BCUT2D eigenvalue weighted by atomic mass is 127. The number of nitrogens with zero attached hydrogens (tertiary/aromatic N) is 1. The van der Waals surface area contributed by atoms with E-state index >= 15 is 0 Å². The molecule has 1 saturated heterocycles. The molecule has 1 aromatic heterocycles. The number of amides is 2. The minimum absolute atomic E-state index is 0.0879. The largest absolute Gasteiger partial charge is 0.472 e. The number of furan rings is 1. The van der Waals surface area contributed by atoms with Crippen molar-refractivity contribution in [2.45, 2.75) is 0 Å². The van der Waals surface area contributed by atoms with Gasteiger partial charge in [-0.05, 0) is 59.0 Å². The summed E-state index contributed by atoms with van der Waals surface area (Å²) in [6.45, 7) is 0. The first-order valence-corrected chi connectivity index (χ1v) is 6.88. The van der Waals surface area contributed by atoms with Crippen molar-refractivity contribution in [1.82, 2.24) is 5.43 Å². The molecule has 5 nitrogen and oxygen atoms in total. The summed E-state index contributed by atoms with van der Waals surface area (Å²) in [5, 5.41) is 1.24. The Bertz CT molecular complexity index is 690. The van der Waals surface area contributed by atoms with Gasteiger partial charge in [0.2, 0.25) is 0 Å². The molecule has 6 heteroatoms. The molecule has 0 atom stereocenters. The van der Waals surface area contributed by atoms with E-state index in [1.54, 1.807) is 18.2 Å². The van der Waals surface area contributed by atoms with E-state index in [-0.39, 0.29) is 11.5 Å². The van der Waals surface area contributed by atoms with Crippen LogP contribution in [0.25, 0.3) is 6.08 Å². The first-order chi connectivity index (χ1) is 9.65. The highest BCUT2D eigenvalue weighted by molar-refractivity contribution is 14.1. The quantitative estimate of drug-likeness (QED) is 0.494. The van der Waals surface area contributed by atoms with E-state index in [2.05, 4.69) is 28.0 Å². The number of anilines is 1. The first kappa shape index (κ1) is 12.9. The Labute approximate surface area is 128 Å². The van der Waals surface area contributed by atoms with Crippen LogP contribution in [-0.2, 0) is 9.59 Å².